The summed E-state index contributed by atoms with van der Waals surface area (Å²) < 4.78 is 59.9. The second-order valence-corrected chi connectivity index (χ2v) is 5.72. The summed E-state index contributed by atoms with van der Waals surface area (Å²) in [6.45, 7) is -1.47. The van der Waals surface area contributed by atoms with Gasteiger partial charge in [0.1, 0.15) is 18.1 Å². The predicted molar refractivity (Wildman–Crippen MR) is 67.2 cm³/mol. The van der Waals surface area contributed by atoms with Crippen molar-refractivity contribution in [2.45, 2.75) is 11.9 Å². The molecule has 20 heavy (non-hydrogen) atoms. The van der Waals surface area contributed by atoms with Crippen LogP contribution in [0, 0.1) is 5.82 Å². The largest absolute Gasteiger partial charge is 0.405 e. The van der Waals surface area contributed by atoms with Crippen LogP contribution in [0.4, 0.5) is 17.6 Å². The molecule has 1 unspecified atom stereocenters. The van der Waals surface area contributed by atoms with E-state index in [1.165, 1.54) is 6.07 Å². The number of alkyl halides is 3. The maximum Gasteiger partial charge on any atom is 0.405 e. The van der Waals surface area contributed by atoms with Gasteiger partial charge in [0.25, 0.3) is 0 Å². The van der Waals surface area contributed by atoms with E-state index in [0.717, 1.165) is 12.1 Å². The lowest BCUT2D eigenvalue weighted by Crippen LogP contribution is -2.36. The van der Waals surface area contributed by atoms with E-state index in [1.54, 1.807) is 5.32 Å². The van der Waals surface area contributed by atoms with Gasteiger partial charge in [0, 0.05) is 15.8 Å². The molecule has 1 aromatic carbocycles. The van der Waals surface area contributed by atoms with Crippen molar-refractivity contribution in [3.63, 3.8) is 0 Å². The van der Waals surface area contributed by atoms with E-state index >= 15 is 0 Å². The van der Waals surface area contributed by atoms with Crippen molar-refractivity contribution >= 4 is 28.3 Å². The summed E-state index contributed by atoms with van der Waals surface area (Å²) in [4.78, 5) is 11.1. The van der Waals surface area contributed by atoms with Gasteiger partial charge in [-0.15, -0.1) is 0 Å². The minimum atomic E-state index is -4.52. The minimum Gasteiger partial charge on any atom is -0.346 e. The number of nitrogens with one attached hydrogen (secondary N) is 1. The van der Waals surface area contributed by atoms with Crippen LogP contribution in [0.15, 0.2) is 18.2 Å². The van der Waals surface area contributed by atoms with Gasteiger partial charge in [-0.25, -0.2) is 4.39 Å². The van der Waals surface area contributed by atoms with Crippen molar-refractivity contribution in [3.8, 4) is 0 Å². The van der Waals surface area contributed by atoms with Crippen LogP contribution in [0.1, 0.15) is 5.56 Å². The summed E-state index contributed by atoms with van der Waals surface area (Å²) in [7, 11) is -1.73. The van der Waals surface area contributed by atoms with Gasteiger partial charge in [0.05, 0.1) is 5.75 Å². The van der Waals surface area contributed by atoms with E-state index in [4.69, 9.17) is 11.6 Å². The molecular formula is C11H10ClF4NO2S. The molecule has 0 aliphatic rings. The predicted octanol–water partition coefficient (Wildman–Crippen LogP) is 2.41. The van der Waals surface area contributed by atoms with E-state index in [1.807, 2.05) is 0 Å². The quantitative estimate of drug-likeness (QED) is 0.842. The first kappa shape index (κ1) is 16.9. The average Bonchev–Trinajstić information content (AvgIpc) is 2.29. The zero-order valence-electron chi connectivity index (χ0n) is 9.97. The molecule has 0 spiro atoms. The third kappa shape index (κ3) is 6.33. The van der Waals surface area contributed by atoms with E-state index in [9.17, 15) is 26.6 Å². The number of carbonyl (C=O) groups excluding carboxylic acids is 1. The lowest BCUT2D eigenvalue weighted by Gasteiger charge is -2.08. The number of benzene rings is 1. The molecular weight excluding hydrogens is 322 g/mol. The Kier molecular flexibility index (Phi) is 5.94. The van der Waals surface area contributed by atoms with Gasteiger partial charge < -0.3 is 5.32 Å². The van der Waals surface area contributed by atoms with Crippen molar-refractivity contribution in [2.24, 2.45) is 0 Å². The van der Waals surface area contributed by atoms with E-state index in [2.05, 4.69) is 0 Å². The summed E-state index contributed by atoms with van der Waals surface area (Å²) in [5.74, 6) is -2.26. The van der Waals surface area contributed by atoms with Crippen molar-refractivity contribution < 1.29 is 26.6 Å². The summed E-state index contributed by atoms with van der Waals surface area (Å²) in [5, 5.41) is 1.66. The molecule has 0 bridgehead atoms. The standard InChI is InChI=1S/C11H10ClF4NO2S/c12-9-3-8(13)2-1-7(9)4-20(19)5-10(18)17-6-11(14,15)16/h1-3H,4-6H2,(H,17,18). The van der Waals surface area contributed by atoms with Crippen LogP contribution in [0.2, 0.25) is 5.02 Å². The molecule has 1 N–H and O–H groups in total. The Morgan fingerprint density at radius 2 is 2.00 bits per heavy atom. The molecule has 0 aliphatic carbocycles. The lowest BCUT2D eigenvalue weighted by molar-refractivity contribution is -0.136. The van der Waals surface area contributed by atoms with Gasteiger partial charge >= 0.3 is 6.18 Å². The summed E-state index contributed by atoms with van der Waals surface area (Å²) in [5.41, 5.74) is 0.357. The van der Waals surface area contributed by atoms with E-state index in [-0.39, 0.29) is 10.8 Å². The molecule has 0 saturated carbocycles. The van der Waals surface area contributed by atoms with Crippen LogP contribution in [0.3, 0.4) is 0 Å². The normalized spacial score (nSPS) is 13.1. The Balaban J connectivity index is 2.49. The molecule has 0 heterocycles. The maximum absolute atomic E-state index is 12.8. The van der Waals surface area contributed by atoms with E-state index < -0.39 is 41.0 Å². The molecule has 0 fully saturated rings. The Hall–Kier alpha value is -1.15. The monoisotopic (exact) mass is 331 g/mol. The smallest absolute Gasteiger partial charge is 0.346 e. The Morgan fingerprint density at radius 3 is 2.55 bits per heavy atom. The second-order valence-electron chi connectivity index (χ2n) is 3.86. The van der Waals surface area contributed by atoms with Crippen LogP contribution < -0.4 is 5.32 Å². The molecule has 3 nitrogen and oxygen atoms in total. The third-order valence-electron chi connectivity index (χ3n) is 2.11. The molecule has 9 heteroatoms. The number of halogens is 5. The number of hydrogen-bond donors (Lipinski definition) is 1. The number of carbonyl (C=O) groups is 1. The molecule has 1 aromatic rings. The molecule has 0 saturated heterocycles. The van der Waals surface area contributed by atoms with Crippen LogP contribution >= 0.6 is 11.6 Å². The van der Waals surface area contributed by atoms with Crippen molar-refractivity contribution in [1.82, 2.24) is 5.32 Å². The van der Waals surface area contributed by atoms with Crippen LogP contribution in [-0.4, -0.2) is 28.6 Å². The SMILES string of the molecule is O=C(CS(=O)Cc1ccc(F)cc1Cl)NCC(F)(F)F. The fourth-order valence-corrected chi connectivity index (χ4v) is 2.67. The molecule has 1 amide bonds. The minimum absolute atomic E-state index is 0.0500. The number of rotatable bonds is 5. The van der Waals surface area contributed by atoms with Crippen molar-refractivity contribution in [2.75, 3.05) is 12.3 Å². The fraction of sp³-hybridized carbons (Fsp3) is 0.364. The van der Waals surface area contributed by atoms with Gasteiger partial charge in [-0.05, 0) is 17.7 Å². The summed E-state index contributed by atoms with van der Waals surface area (Å²) in [6.07, 6.45) is -4.52. The highest BCUT2D eigenvalue weighted by Crippen LogP contribution is 2.18. The van der Waals surface area contributed by atoms with Gasteiger partial charge in [0.15, 0.2) is 0 Å². The molecule has 0 aliphatic heterocycles. The maximum atomic E-state index is 12.8. The van der Waals surface area contributed by atoms with Gasteiger partial charge in [0.2, 0.25) is 5.91 Å². The third-order valence-corrected chi connectivity index (χ3v) is 3.68. The zero-order chi connectivity index (χ0) is 15.3. The molecule has 1 atom stereocenters. The Morgan fingerprint density at radius 1 is 1.35 bits per heavy atom. The van der Waals surface area contributed by atoms with Gasteiger partial charge in [-0.3, -0.25) is 9.00 Å². The molecule has 0 radical (unpaired) electrons. The van der Waals surface area contributed by atoms with E-state index in [0.29, 0.717) is 5.56 Å². The fourth-order valence-electron chi connectivity index (χ4n) is 1.26. The number of hydrogen-bond acceptors (Lipinski definition) is 2. The zero-order valence-corrected chi connectivity index (χ0v) is 11.5. The molecule has 112 valence electrons. The number of amides is 1. The average molecular weight is 332 g/mol. The first-order valence-electron chi connectivity index (χ1n) is 5.30. The van der Waals surface area contributed by atoms with Gasteiger partial charge in [-0.1, -0.05) is 17.7 Å². The van der Waals surface area contributed by atoms with Gasteiger partial charge in [-0.2, -0.15) is 13.2 Å². The highest BCUT2D eigenvalue weighted by atomic mass is 35.5. The Labute approximate surface area is 119 Å². The topological polar surface area (TPSA) is 46.2 Å². The van der Waals surface area contributed by atoms with Crippen LogP contribution in [0.5, 0.6) is 0 Å². The lowest BCUT2D eigenvalue weighted by atomic mass is 10.2. The molecule has 1 rings (SSSR count). The summed E-state index contributed by atoms with van der Waals surface area (Å²) in [6, 6.07) is 3.45. The first-order chi connectivity index (χ1) is 9.17. The highest BCUT2D eigenvalue weighted by Gasteiger charge is 2.27. The molecule has 0 aromatic heterocycles. The second kappa shape index (κ2) is 7.03. The van der Waals surface area contributed by atoms with Crippen LogP contribution in [-0.2, 0) is 21.3 Å². The first-order valence-corrected chi connectivity index (χ1v) is 7.16. The van der Waals surface area contributed by atoms with Crippen molar-refractivity contribution in [3.05, 3.63) is 34.6 Å². The Bertz CT molecular complexity index is 522. The highest BCUT2D eigenvalue weighted by molar-refractivity contribution is 7.84. The van der Waals surface area contributed by atoms with Crippen molar-refractivity contribution in [1.29, 1.82) is 0 Å². The van der Waals surface area contributed by atoms with Crippen LogP contribution in [0.25, 0.3) is 0 Å². The summed E-state index contributed by atoms with van der Waals surface area (Å²) >= 11 is 5.71.